The van der Waals surface area contributed by atoms with Crippen molar-refractivity contribution in [1.82, 2.24) is 4.90 Å². The molecule has 0 bridgehead atoms. The van der Waals surface area contributed by atoms with Gasteiger partial charge in [-0.25, -0.2) is 0 Å². The molecule has 0 aromatic heterocycles. The molecule has 0 saturated carbocycles. The van der Waals surface area contributed by atoms with Crippen LogP contribution in [0, 0.1) is 6.92 Å². The van der Waals surface area contributed by atoms with Gasteiger partial charge < -0.3 is 19.2 Å². The van der Waals surface area contributed by atoms with Crippen LogP contribution in [0.15, 0.2) is 41.6 Å². The Morgan fingerprint density at radius 3 is 2.56 bits per heavy atom. The number of carbonyl (C=O) groups excluding carboxylic acids is 1. The molecular formula is C21H24N2O4. The Morgan fingerprint density at radius 2 is 1.85 bits per heavy atom. The van der Waals surface area contributed by atoms with Crippen molar-refractivity contribution < 1.29 is 19.1 Å². The molecule has 1 aliphatic heterocycles. The van der Waals surface area contributed by atoms with Gasteiger partial charge >= 0.3 is 0 Å². The van der Waals surface area contributed by atoms with E-state index in [9.17, 15) is 4.79 Å². The quantitative estimate of drug-likeness (QED) is 0.581. The van der Waals surface area contributed by atoms with E-state index in [0.717, 1.165) is 23.1 Å². The Balaban J connectivity index is 1.58. The van der Waals surface area contributed by atoms with E-state index >= 15 is 0 Å². The number of rotatable bonds is 6. The zero-order valence-electron chi connectivity index (χ0n) is 15.9. The number of aryl methyl sites for hydroxylation is 1. The van der Waals surface area contributed by atoms with Gasteiger partial charge in [-0.2, -0.15) is 0 Å². The van der Waals surface area contributed by atoms with Crippen molar-refractivity contribution in [3.05, 3.63) is 58.7 Å². The van der Waals surface area contributed by atoms with Crippen LogP contribution in [0.3, 0.4) is 0 Å². The normalized spacial score (nSPS) is 13.4. The van der Waals surface area contributed by atoms with Crippen molar-refractivity contribution in [3.63, 3.8) is 0 Å². The summed E-state index contributed by atoms with van der Waals surface area (Å²) >= 11 is 0. The van der Waals surface area contributed by atoms with E-state index in [2.05, 4.69) is 5.16 Å². The number of amides is 1. The minimum Gasteiger partial charge on any atom is -0.493 e. The lowest BCUT2D eigenvalue weighted by atomic mass is 9.99. The Labute approximate surface area is 159 Å². The Bertz CT molecular complexity index is 848. The molecule has 0 saturated heterocycles. The first-order valence-corrected chi connectivity index (χ1v) is 8.85. The molecule has 6 heteroatoms. The standard InChI is InChI=1S/C21H24N2O4/c1-15-6-4-5-7-17(15)12-22-27-14-21(24)23-9-8-16-10-19(25-2)20(26-3)11-18(16)13-23/h4-7,10-12H,8-9,13-14H2,1-3H3/b22-12+. The number of benzene rings is 2. The SMILES string of the molecule is COc1cc2c(cc1OC)CN(C(=O)CO/N=C/c1ccccc1C)CC2. The van der Waals surface area contributed by atoms with E-state index in [1.54, 1.807) is 25.3 Å². The van der Waals surface area contributed by atoms with Gasteiger partial charge in [-0.1, -0.05) is 29.4 Å². The maximum Gasteiger partial charge on any atom is 0.263 e. The summed E-state index contributed by atoms with van der Waals surface area (Å²) in [4.78, 5) is 19.4. The highest BCUT2D eigenvalue weighted by Crippen LogP contribution is 2.33. The third-order valence-corrected chi connectivity index (χ3v) is 4.71. The summed E-state index contributed by atoms with van der Waals surface area (Å²) in [6, 6.07) is 11.8. The number of hydrogen-bond acceptors (Lipinski definition) is 5. The molecule has 0 aliphatic carbocycles. The Morgan fingerprint density at radius 1 is 1.15 bits per heavy atom. The van der Waals surface area contributed by atoms with Crippen molar-refractivity contribution >= 4 is 12.1 Å². The molecule has 0 N–H and O–H groups in total. The van der Waals surface area contributed by atoms with Crippen LogP contribution in [-0.2, 0) is 22.6 Å². The number of fused-ring (bicyclic) bond motifs is 1. The molecule has 1 heterocycles. The number of nitrogens with zero attached hydrogens (tertiary/aromatic N) is 2. The van der Waals surface area contributed by atoms with Crippen LogP contribution in [-0.4, -0.2) is 44.4 Å². The molecule has 0 spiro atoms. The molecule has 6 nitrogen and oxygen atoms in total. The number of hydrogen-bond donors (Lipinski definition) is 0. The van der Waals surface area contributed by atoms with E-state index < -0.39 is 0 Å². The predicted molar refractivity (Wildman–Crippen MR) is 103 cm³/mol. The van der Waals surface area contributed by atoms with Crippen LogP contribution in [0.2, 0.25) is 0 Å². The molecule has 1 aliphatic rings. The number of ether oxygens (including phenoxy) is 2. The van der Waals surface area contributed by atoms with Gasteiger partial charge in [-0.05, 0) is 47.7 Å². The molecule has 2 aromatic carbocycles. The van der Waals surface area contributed by atoms with E-state index in [-0.39, 0.29) is 12.5 Å². The molecule has 142 valence electrons. The second-order valence-corrected chi connectivity index (χ2v) is 6.41. The van der Waals surface area contributed by atoms with E-state index in [0.29, 0.717) is 24.6 Å². The second-order valence-electron chi connectivity index (χ2n) is 6.41. The van der Waals surface area contributed by atoms with Gasteiger partial charge in [-0.15, -0.1) is 0 Å². The second kappa shape index (κ2) is 8.58. The molecule has 0 fully saturated rings. The highest BCUT2D eigenvalue weighted by Gasteiger charge is 2.23. The molecule has 0 unspecified atom stereocenters. The zero-order valence-corrected chi connectivity index (χ0v) is 15.9. The lowest BCUT2D eigenvalue weighted by Crippen LogP contribution is -2.38. The van der Waals surface area contributed by atoms with Crippen molar-refractivity contribution in [1.29, 1.82) is 0 Å². The van der Waals surface area contributed by atoms with Crippen LogP contribution >= 0.6 is 0 Å². The summed E-state index contributed by atoms with van der Waals surface area (Å²) in [6.07, 6.45) is 2.40. The lowest BCUT2D eigenvalue weighted by Gasteiger charge is -2.29. The Hall–Kier alpha value is -3.02. The predicted octanol–water partition coefficient (Wildman–Crippen LogP) is 2.95. The highest BCUT2D eigenvalue weighted by molar-refractivity contribution is 5.81. The van der Waals surface area contributed by atoms with E-state index in [1.807, 2.05) is 43.3 Å². The van der Waals surface area contributed by atoms with E-state index in [1.165, 1.54) is 5.56 Å². The summed E-state index contributed by atoms with van der Waals surface area (Å²) in [6.45, 7) is 3.09. The fraction of sp³-hybridized carbons (Fsp3) is 0.333. The molecule has 0 atom stereocenters. The fourth-order valence-corrected chi connectivity index (χ4v) is 3.11. The monoisotopic (exact) mass is 368 g/mol. The maximum absolute atomic E-state index is 12.4. The number of carbonyl (C=O) groups is 1. The van der Waals surface area contributed by atoms with Crippen molar-refractivity contribution in [3.8, 4) is 11.5 Å². The topological polar surface area (TPSA) is 60.4 Å². The summed E-state index contributed by atoms with van der Waals surface area (Å²) < 4.78 is 10.7. The molecule has 0 radical (unpaired) electrons. The van der Waals surface area contributed by atoms with Gasteiger partial charge in [0.05, 0.1) is 20.4 Å². The summed E-state index contributed by atoms with van der Waals surface area (Å²) in [5.41, 5.74) is 4.32. The van der Waals surface area contributed by atoms with E-state index in [4.69, 9.17) is 14.3 Å². The average molecular weight is 368 g/mol. The zero-order chi connectivity index (χ0) is 19.2. The Kier molecular flexibility index (Phi) is 5.96. The van der Waals surface area contributed by atoms with Crippen LogP contribution in [0.25, 0.3) is 0 Å². The van der Waals surface area contributed by atoms with Gasteiger partial charge in [0.1, 0.15) is 0 Å². The number of oxime groups is 1. The van der Waals surface area contributed by atoms with Crippen molar-refractivity contribution in [2.75, 3.05) is 27.4 Å². The van der Waals surface area contributed by atoms with Crippen LogP contribution in [0.1, 0.15) is 22.3 Å². The third-order valence-electron chi connectivity index (χ3n) is 4.71. The third kappa shape index (κ3) is 4.39. The van der Waals surface area contributed by atoms with Crippen molar-refractivity contribution in [2.45, 2.75) is 19.9 Å². The summed E-state index contributed by atoms with van der Waals surface area (Å²) in [7, 11) is 3.23. The van der Waals surface area contributed by atoms with Crippen LogP contribution in [0.5, 0.6) is 11.5 Å². The minimum atomic E-state index is -0.0858. The van der Waals surface area contributed by atoms with Crippen LogP contribution < -0.4 is 9.47 Å². The lowest BCUT2D eigenvalue weighted by molar-refractivity contribution is -0.137. The first kappa shape index (κ1) is 18.8. The summed E-state index contributed by atoms with van der Waals surface area (Å²) in [5, 5.41) is 3.92. The van der Waals surface area contributed by atoms with Crippen LogP contribution in [0.4, 0.5) is 0 Å². The first-order valence-electron chi connectivity index (χ1n) is 8.85. The van der Waals surface area contributed by atoms with Gasteiger partial charge in [0.15, 0.2) is 18.1 Å². The molecule has 27 heavy (non-hydrogen) atoms. The first-order chi connectivity index (χ1) is 13.1. The maximum atomic E-state index is 12.4. The minimum absolute atomic E-state index is 0.0784. The van der Waals surface area contributed by atoms with Gasteiger partial charge in [0.2, 0.25) is 0 Å². The molecular weight excluding hydrogens is 344 g/mol. The van der Waals surface area contributed by atoms with Gasteiger partial charge in [-0.3, -0.25) is 4.79 Å². The molecule has 1 amide bonds. The summed E-state index contributed by atoms with van der Waals surface area (Å²) in [5.74, 6) is 1.30. The highest BCUT2D eigenvalue weighted by atomic mass is 16.6. The average Bonchev–Trinajstić information content (AvgIpc) is 2.70. The molecule has 3 rings (SSSR count). The number of methoxy groups -OCH3 is 2. The van der Waals surface area contributed by atoms with Gasteiger partial charge in [0.25, 0.3) is 5.91 Å². The fourth-order valence-electron chi connectivity index (χ4n) is 3.11. The smallest absolute Gasteiger partial charge is 0.263 e. The van der Waals surface area contributed by atoms with Crippen molar-refractivity contribution in [2.24, 2.45) is 5.16 Å². The largest absolute Gasteiger partial charge is 0.493 e. The van der Waals surface area contributed by atoms with Gasteiger partial charge in [0, 0.05) is 13.1 Å². The molecule has 2 aromatic rings.